The molecule has 1 aromatic heterocycles. The van der Waals surface area contributed by atoms with E-state index < -0.39 is 10.0 Å². The highest BCUT2D eigenvalue weighted by atomic mass is 32.2. The second-order valence-corrected chi connectivity index (χ2v) is 5.10. The van der Waals surface area contributed by atoms with E-state index in [0.717, 1.165) is 0 Å². The summed E-state index contributed by atoms with van der Waals surface area (Å²) < 4.78 is 30.7. The molecule has 0 aliphatic carbocycles. The van der Waals surface area contributed by atoms with E-state index in [1.54, 1.807) is 6.92 Å². The smallest absolute Gasteiger partial charge is 0.324 e. The Labute approximate surface area is 103 Å². The molecule has 1 aromatic carbocycles. The lowest BCUT2D eigenvalue weighted by molar-refractivity contribution is 0.429. The normalized spacial score (nSPS) is 11.2. The quantitative estimate of drug-likeness (QED) is 0.544. The Morgan fingerprint density at radius 3 is 2.44 bits per heavy atom. The van der Waals surface area contributed by atoms with Crippen LogP contribution in [0.5, 0.6) is 0 Å². The number of nitrogens with two attached hydrogens (primary N) is 1. The van der Waals surface area contributed by atoms with Crippen molar-refractivity contribution < 1.29 is 12.9 Å². The molecule has 18 heavy (non-hydrogen) atoms. The summed E-state index contributed by atoms with van der Waals surface area (Å²) in [5.41, 5.74) is 3.00. The van der Waals surface area contributed by atoms with Crippen LogP contribution in [0.3, 0.4) is 0 Å². The van der Waals surface area contributed by atoms with Crippen LogP contribution >= 0.6 is 0 Å². The van der Waals surface area contributed by atoms with Crippen LogP contribution in [0.2, 0.25) is 0 Å². The molecule has 0 saturated carbocycles. The molecule has 0 radical (unpaired) electrons. The van der Waals surface area contributed by atoms with Crippen LogP contribution in [0.1, 0.15) is 5.82 Å². The third-order valence-electron chi connectivity index (χ3n) is 2.08. The van der Waals surface area contributed by atoms with Gasteiger partial charge in [-0.25, -0.2) is 13.1 Å². The standard InChI is InChI=1S/C9H11N5O3S/c1-6-11-9(17-13-6)14-18(15,16)8-4-2-7(12-10)3-5-8/h2-5,12H,10H2,1H3,(H,11,13,14). The van der Waals surface area contributed by atoms with Crippen molar-refractivity contribution in [3.05, 3.63) is 30.1 Å². The molecule has 2 aromatic rings. The molecule has 0 spiro atoms. The molecule has 0 atom stereocenters. The molecule has 0 amide bonds. The van der Waals surface area contributed by atoms with Crippen LogP contribution in [-0.4, -0.2) is 18.6 Å². The Kier molecular flexibility index (Phi) is 3.17. The van der Waals surface area contributed by atoms with Crippen LogP contribution < -0.4 is 16.0 Å². The van der Waals surface area contributed by atoms with Gasteiger partial charge in [0, 0.05) is 5.69 Å². The number of sulfonamides is 1. The lowest BCUT2D eigenvalue weighted by Crippen LogP contribution is -2.13. The third-order valence-corrected chi connectivity index (χ3v) is 3.42. The fraction of sp³-hybridized carbons (Fsp3) is 0.111. The van der Waals surface area contributed by atoms with Crippen molar-refractivity contribution in [2.24, 2.45) is 5.84 Å². The first-order valence-corrected chi connectivity index (χ1v) is 6.39. The Morgan fingerprint density at radius 1 is 1.28 bits per heavy atom. The SMILES string of the molecule is Cc1noc(NS(=O)(=O)c2ccc(NN)cc2)n1. The van der Waals surface area contributed by atoms with Crippen LogP contribution in [-0.2, 0) is 10.0 Å². The molecule has 0 saturated heterocycles. The zero-order valence-corrected chi connectivity index (χ0v) is 10.2. The molecule has 1 heterocycles. The van der Waals surface area contributed by atoms with E-state index in [2.05, 4.69) is 24.8 Å². The summed E-state index contributed by atoms with van der Waals surface area (Å²) in [5, 5.41) is 3.48. The van der Waals surface area contributed by atoms with Gasteiger partial charge in [-0.05, 0) is 31.2 Å². The van der Waals surface area contributed by atoms with Gasteiger partial charge in [-0.3, -0.25) is 5.84 Å². The van der Waals surface area contributed by atoms with Crippen LogP contribution in [0.25, 0.3) is 0 Å². The second-order valence-electron chi connectivity index (χ2n) is 3.42. The maximum atomic E-state index is 11.9. The maximum absolute atomic E-state index is 11.9. The van der Waals surface area contributed by atoms with Crippen molar-refractivity contribution in [1.29, 1.82) is 0 Å². The third kappa shape index (κ3) is 2.57. The van der Waals surface area contributed by atoms with Crippen molar-refractivity contribution >= 4 is 21.7 Å². The average molecular weight is 269 g/mol. The van der Waals surface area contributed by atoms with Crippen LogP contribution in [0.4, 0.5) is 11.7 Å². The van der Waals surface area contributed by atoms with Crippen molar-refractivity contribution in [3.8, 4) is 0 Å². The summed E-state index contributed by atoms with van der Waals surface area (Å²) in [6, 6.07) is 5.71. The van der Waals surface area contributed by atoms with Crippen molar-refractivity contribution in [2.75, 3.05) is 10.1 Å². The molecular weight excluding hydrogens is 258 g/mol. The van der Waals surface area contributed by atoms with Gasteiger partial charge in [0.1, 0.15) is 0 Å². The molecule has 0 unspecified atom stereocenters. The molecular formula is C9H11N5O3S. The number of hydrogen-bond donors (Lipinski definition) is 3. The first-order valence-electron chi connectivity index (χ1n) is 4.91. The van der Waals surface area contributed by atoms with Gasteiger partial charge in [-0.2, -0.15) is 4.98 Å². The van der Waals surface area contributed by atoms with Gasteiger partial charge in [-0.15, -0.1) is 0 Å². The molecule has 4 N–H and O–H groups in total. The average Bonchev–Trinajstić information content (AvgIpc) is 2.74. The van der Waals surface area contributed by atoms with Crippen molar-refractivity contribution in [1.82, 2.24) is 10.1 Å². The van der Waals surface area contributed by atoms with Crippen LogP contribution in [0.15, 0.2) is 33.7 Å². The number of hydrogen-bond acceptors (Lipinski definition) is 7. The highest BCUT2D eigenvalue weighted by Crippen LogP contribution is 2.16. The van der Waals surface area contributed by atoms with E-state index in [1.807, 2.05) is 0 Å². The Hall–Kier alpha value is -2.13. The maximum Gasteiger partial charge on any atom is 0.335 e. The Bertz CT molecular complexity index is 634. The Balaban J connectivity index is 2.24. The lowest BCUT2D eigenvalue weighted by atomic mass is 10.3. The van der Waals surface area contributed by atoms with Gasteiger partial charge in [0.05, 0.1) is 4.90 Å². The van der Waals surface area contributed by atoms with Crippen molar-refractivity contribution in [2.45, 2.75) is 11.8 Å². The van der Waals surface area contributed by atoms with Gasteiger partial charge in [0.2, 0.25) is 0 Å². The molecule has 9 heteroatoms. The van der Waals surface area contributed by atoms with Gasteiger partial charge >= 0.3 is 6.01 Å². The summed E-state index contributed by atoms with van der Waals surface area (Å²) in [6.45, 7) is 1.59. The minimum Gasteiger partial charge on any atom is -0.324 e. The molecule has 0 bridgehead atoms. The highest BCUT2D eigenvalue weighted by molar-refractivity contribution is 7.92. The summed E-state index contributed by atoms with van der Waals surface area (Å²) in [5.74, 6) is 5.53. The molecule has 0 aliphatic rings. The number of aromatic nitrogens is 2. The molecule has 8 nitrogen and oxygen atoms in total. The first kappa shape index (κ1) is 12.3. The van der Waals surface area contributed by atoms with Gasteiger partial charge < -0.3 is 9.95 Å². The fourth-order valence-electron chi connectivity index (χ4n) is 1.24. The predicted molar refractivity (Wildman–Crippen MR) is 64.1 cm³/mol. The number of nitrogens with one attached hydrogen (secondary N) is 2. The summed E-state index contributed by atoms with van der Waals surface area (Å²) in [4.78, 5) is 3.82. The summed E-state index contributed by atoms with van der Waals surface area (Å²) in [7, 11) is -3.74. The number of nitrogen functional groups attached to an aromatic ring is 1. The fourth-order valence-corrected chi connectivity index (χ4v) is 2.17. The van der Waals surface area contributed by atoms with E-state index in [0.29, 0.717) is 11.5 Å². The summed E-state index contributed by atoms with van der Waals surface area (Å²) >= 11 is 0. The number of benzene rings is 1. The van der Waals surface area contributed by atoms with Crippen molar-refractivity contribution in [3.63, 3.8) is 0 Å². The zero-order valence-electron chi connectivity index (χ0n) is 9.41. The zero-order chi connectivity index (χ0) is 13.2. The monoisotopic (exact) mass is 269 g/mol. The number of rotatable bonds is 4. The minimum absolute atomic E-state index is 0.0670. The van der Waals surface area contributed by atoms with E-state index in [9.17, 15) is 8.42 Å². The molecule has 0 fully saturated rings. The number of hydrazine groups is 1. The second kappa shape index (κ2) is 4.63. The number of anilines is 2. The van der Waals surface area contributed by atoms with E-state index in [4.69, 9.17) is 5.84 Å². The summed E-state index contributed by atoms with van der Waals surface area (Å²) in [6.07, 6.45) is 0. The molecule has 0 aliphatic heterocycles. The van der Waals surface area contributed by atoms with E-state index >= 15 is 0 Å². The Morgan fingerprint density at radius 2 is 1.94 bits per heavy atom. The first-order chi connectivity index (χ1) is 8.51. The molecule has 2 rings (SSSR count). The predicted octanol–water partition coefficient (Wildman–Crippen LogP) is 0.464. The van der Waals surface area contributed by atoms with Crippen LogP contribution in [0, 0.1) is 6.92 Å². The largest absolute Gasteiger partial charge is 0.335 e. The molecule has 96 valence electrons. The number of nitrogens with zero attached hydrogens (tertiary/aromatic N) is 2. The van der Waals surface area contributed by atoms with E-state index in [1.165, 1.54) is 24.3 Å². The van der Waals surface area contributed by atoms with E-state index in [-0.39, 0.29) is 10.9 Å². The number of aryl methyl sites for hydroxylation is 1. The van der Waals surface area contributed by atoms with Gasteiger partial charge in [0.15, 0.2) is 5.82 Å². The topological polar surface area (TPSA) is 123 Å². The van der Waals surface area contributed by atoms with Gasteiger partial charge in [-0.1, -0.05) is 5.16 Å². The lowest BCUT2D eigenvalue weighted by Gasteiger charge is -2.05. The van der Waals surface area contributed by atoms with Gasteiger partial charge in [0.25, 0.3) is 10.0 Å². The minimum atomic E-state index is -3.74. The highest BCUT2D eigenvalue weighted by Gasteiger charge is 2.17.